The van der Waals surface area contributed by atoms with Crippen molar-refractivity contribution in [2.45, 2.75) is 31.9 Å². The predicted molar refractivity (Wildman–Crippen MR) is 95.1 cm³/mol. The number of nitrogens with zero attached hydrogens (tertiary/aromatic N) is 2. The molecule has 1 aliphatic rings. The normalized spacial score (nSPS) is 20.0. The zero-order valence-corrected chi connectivity index (χ0v) is 14.9. The minimum atomic E-state index is -0.324. The van der Waals surface area contributed by atoms with Gasteiger partial charge < -0.3 is 19.9 Å². The maximum atomic E-state index is 12.9. The molecule has 0 spiro atoms. The Morgan fingerprint density at radius 2 is 2.23 bits per heavy atom. The number of aliphatic hydroxyl groups is 1. The number of aliphatic hydroxyl groups excluding tert-OH is 1. The van der Waals surface area contributed by atoms with E-state index < -0.39 is 0 Å². The number of rotatable bonds is 7. The molecule has 2 aromatic heterocycles. The number of aromatic nitrogens is 2. The van der Waals surface area contributed by atoms with E-state index in [4.69, 9.17) is 9.47 Å². The number of nitrogens with one attached hydrogen (secondary N) is 1. The zero-order chi connectivity index (χ0) is 18.5. The van der Waals surface area contributed by atoms with Gasteiger partial charge in [0.15, 0.2) is 0 Å². The van der Waals surface area contributed by atoms with E-state index in [-0.39, 0.29) is 24.0 Å². The van der Waals surface area contributed by atoms with E-state index in [1.807, 2.05) is 13.0 Å². The third kappa shape index (κ3) is 3.94. The molecule has 1 fully saturated rings. The van der Waals surface area contributed by atoms with Crippen molar-refractivity contribution in [3.8, 4) is 11.6 Å². The van der Waals surface area contributed by atoms with Crippen LogP contribution in [0.2, 0.25) is 0 Å². The van der Waals surface area contributed by atoms with Crippen molar-refractivity contribution >= 4 is 5.91 Å². The highest BCUT2D eigenvalue weighted by Crippen LogP contribution is 2.38. The van der Waals surface area contributed by atoms with Gasteiger partial charge in [-0.1, -0.05) is 0 Å². The second-order valence-electron chi connectivity index (χ2n) is 6.28. The second kappa shape index (κ2) is 8.14. The molecule has 26 heavy (non-hydrogen) atoms. The van der Waals surface area contributed by atoms with Gasteiger partial charge in [-0.2, -0.15) is 0 Å². The molecule has 2 aromatic rings. The molecule has 2 N–H and O–H groups in total. The van der Waals surface area contributed by atoms with E-state index >= 15 is 0 Å². The fourth-order valence-electron chi connectivity index (χ4n) is 3.13. The van der Waals surface area contributed by atoms with Gasteiger partial charge in [-0.3, -0.25) is 9.78 Å². The summed E-state index contributed by atoms with van der Waals surface area (Å²) >= 11 is 0. The molecule has 7 heteroatoms. The van der Waals surface area contributed by atoms with Gasteiger partial charge in [-0.25, -0.2) is 4.98 Å². The Labute approximate surface area is 152 Å². The molecule has 1 aliphatic carbocycles. The lowest BCUT2D eigenvalue weighted by Crippen LogP contribution is -2.41. The summed E-state index contributed by atoms with van der Waals surface area (Å²) in [6.07, 6.45) is 5.86. The minimum Gasteiger partial charge on any atom is -0.495 e. The third-order valence-corrected chi connectivity index (χ3v) is 4.53. The number of pyridine rings is 2. The van der Waals surface area contributed by atoms with E-state index in [2.05, 4.69) is 15.3 Å². The number of carbonyl (C=O) groups is 1. The largest absolute Gasteiger partial charge is 0.495 e. The monoisotopic (exact) mass is 357 g/mol. The Kier molecular flexibility index (Phi) is 5.68. The standard InChI is InChI=1S/C19H23N3O4/c1-3-26-19-16(5-4-6-21-19)18(24)22-17(12-7-14(23)8-12)13-9-15(25-2)11-20-10-13/h4-6,9-12,14,17,23H,3,7-8H2,1-2H3,(H,22,24). The van der Waals surface area contributed by atoms with Gasteiger partial charge in [-0.15, -0.1) is 0 Å². The van der Waals surface area contributed by atoms with Crippen LogP contribution in [0.25, 0.3) is 0 Å². The molecule has 1 saturated carbocycles. The van der Waals surface area contributed by atoms with Crippen molar-refractivity contribution in [2.75, 3.05) is 13.7 Å². The molecular weight excluding hydrogens is 334 g/mol. The third-order valence-electron chi connectivity index (χ3n) is 4.53. The average molecular weight is 357 g/mol. The topological polar surface area (TPSA) is 93.6 Å². The van der Waals surface area contributed by atoms with Crippen LogP contribution in [0.5, 0.6) is 11.6 Å². The highest BCUT2D eigenvalue weighted by Gasteiger charge is 2.36. The van der Waals surface area contributed by atoms with Gasteiger partial charge >= 0.3 is 0 Å². The summed E-state index contributed by atoms with van der Waals surface area (Å²) < 4.78 is 10.7. The van der Waals surface area contributed by atoms with Crippen molar-refractivity contribution < 1.29 is 19.4 Å². The molecular formula is C19H23N3O4. The molecule has 0 radical (unpaired) electrons. The van der Waals surface area contributed by atoms with Gasteiger partial charge in [0.25, 0.3) is 5.91 Å². The zero-order valence-electron chi connectivity index (χ0n) is 14.9. The van der Waals surface area contributed by atoms with Crippen LogP contribution in [0.3, 0.4) is 0 Å². The summed E-state index contributed by atoms with van der Waals surface area (Å²) in [5, 5.41) is 12.8. The van der Waals surface area contributed by atoms with E-state index in [9.17, 15) is 9.90 Å². The van der Waals surface area contributed by atoms with E-state index in [0.717, 1.165) is 5.56 Å². The van der Waals surface area contributed by atoms with Crippen molar-refractivity contribution in [2.24, 2.45) is 5.92 Å². The number of ether oxygens (including phenoxy) is 2. The Bertz CT molecular complexity index is 762. The lowest BCUT2D eigenvalue weighted by atomic mass is 9.75. The van der Waals surface area contributed by atoms with Crippen LogP contribution in [0.15, 0.2) is 36.8 Å². The number of amides is 1. The highest BCUT2D eigenvalue weighted by molar-refractivity contribution is 5.96. The van der Waals surface area contributed by atoms with Gasteiger partial charge in [0.2, 0.25) is 5.88 Å². The van der Waals surface area contributed by atoms with Gasteiger partial charge in [0, 0.05) is 12.4 Å². The van der Waals surface area contributed by atoms with Gasteiger partial charge in [-0.05, 0) is 49.4 Å². The summed E-state index contributed by atoms with van der Waals surface area (Å²) in [5.74, 6) is 0.799. The Hall–Kier alpha value is -2.67. The Morgan fingerprint density at radius 1 is 1.42 bits per heavy atom. The van der Waals surface area contributed by atoms with Crippen molar-refractivity contribution in [1.82, 2.24) is 15.3 Å². The second-order valence-corrected chi connectivity index (χ2v) is 6.28. The Morgan fingerprint density at radius 3 is 2.92 bits per heavy atom. The first-order valence-corrected chi connectivity index (χ1v) is 8.68. The van der Waals surface area contributed by atoms with Crippen molar-refractivity contribution in [1.29, 1.82) is 0 Å². The first-order chi connectivity index (χ1) is 12.6. The number of hydrogen-bond donors (Lipinski definition) is 2. The summed E-state index contributed by atoms with van der Waals surface area (Å²) in [4.78, 5) is 21.2. The maximum Gasteiger partial charge on any atom is 0.257 e. The SMILES string of the molecule is CCOc1ncccc1C(=O)NC(c1cncc(OC)c1)C1CC(O)C1. The average Bonchev–Trinajstić information content (AvgIpc) is 2.64. The molecule has 0 aliphatic heterocycles. The minimum absolute atomic E-state index is 0.134. The molecule has 138 valence electrons. The molecule has 0 saturated heterocycles. The van der Waals surface area contributed by atoms with Gasteiger partial charge in [0.05, 0.1) is 32.1 Å². The lowest BCUT2D eigenvalue weighted by molar-refractivity contribution is 0.0234. The van der Waals surface area contributed by atoms with Crippen LogP contribution in [0.4, 0.5) is 0 Å². The van der Waals surface area contributed by atoms with Crippen LogP contribution in [0, 0.1) is 5.92 Å². The van der Waals surface area contributed by atoms with Crippen LogP contribution in [-0.2, 0) is 0 Å². The van der Waals surface area contributed by atoms with E-state index in [1.165, 1.54) is 0 Å². The van der Waals surface area contributed by atoms with Crippen LogP contribution in [-0.4, -0.2) is 40.8 Å². The highest BCUT2D eigenvalue weighted by atomic mass is 16.5. The fraction of sp³-hybridized carbons (Fsp3) is 0.421. The smallest absolute Gasteiger partial charge is 0.257 e. The molecule has 1 atom stereocenters. The first kappa shape index (κ1) is 18.1. The van der Waals surface area contributed by atoms with Crippen LogP contribution < -0.4 is 14.8 Å². The summed E-state index contributed by atoms with van der Waals surface area (Å²) in [7, 11) is 1.57. The van der Waals surface area contributed by atoms with E-state index in [1.54, 1.807) is 37.8 Å². The number of methoxy groups -OCH3 is 1. The first-order valence-electron chi connectivity index (χ1n) is 8.68. The lowest BCUT2D eigenvalue weighted by Gasteiger charge is -2.38. The molecule has 1 unspecified atom stereocenters. The van der Waals surface area contributed by atoms with Crippen molar-refractivity contribution in [3.05, 3.63) is 47.9 Å². The van der Waals surface area contributed by atoms with E-state index in [0.29, 0.717) is 36.6 Å². The number of carbonyl (C=O) groups excluding carboxylic acids is 1. The van der Waals surface area contributed by atoms with Crippen LogP contribution in [0.1, 0.15) is 41.7 Å². The fourth-order valence-corrected chi connectivity index (χ4v) is 3.13. The van der Waals surface area contributed by atoms with Crippen LogP contribution >= 0.6 is 0 Å². The molecule has 2 heterocycles. The summed E-state index contributed by atoms with van der Waals surface area (Å²) in [5.41, 5.74) is 1.23. The molecule has 0 bridgehead atoms. The maximum absolute atomic E-state index is 12.9. The molecule has 1 amide bonds. The predicted octanol–water partition coefficient (Wildman–Crippen LogP) is 2.13. The molecule has 7 nitrogen and oxygen atoms in total. The Balaban J connectivity index is 1.85. The number of hydrogen-bond acceptors (Lipinski definition) is 6. The summed E-state index contributed by atoms with van der Waals surface area (Å²) in [6, 6.07) is 4.97. The van der Waals surface area contributed by atoms with Gasteiger partial charge in [0.1, 0.15) is 11.3 Å². The molecule has 3 rings (SSSR count). The summed E-state index contributed by atoms with van der Waals surface area (Å²) in [6.45, 7) is 2.27. The molecule has 0 aromatic carbocycles. The van der Waals surface area contributed by atoms with Crippen molar-refractivity contribution in [3.63, 3.8) is 0 Å². The quantitative estimate of drug-likeness (QED) is 0.788.